The van der Waals surface area contributed by atoms with Crippen molar-refractivity contribution in [2.24, 2.45) is 5.92 Å². The fraction of sp³-hybridized carbons (Fsp3) is 0.857. The molecule has 58 valence electrons. The van der Waals surface area contributed by atoms with Crippen molar-refractivity contribution in [3.63, 3.8) is 0 Å². The van der Waals surface area contributed by atoms with Gasteiger partial charge in [-0.15, -0.1) is 0 Å². The Labute approximate surface area is 68.7 Å². The lowest BCUT2D eigenvalue weighted by Gasteiger charge is -2.10. The van der Waals surface area contributed by atoms with E-state index in [2.05, 4.69) is 15.9 Å². The van der Waals surface area contributed by atoms with E-state index in [1.54, 1.807) is 0 Å². The van der Waals surface area contributed by atoms with Crippen LogP contribution in [0.1, 0.15) is 25.7 Å². The molecule has 10 heavy (non-hydrogen) atoms. The summed E-state index contributed by atoms with van der Waals surface area (Å²) in [7, 11) is 0. The zero-order valence-electron chi connectivity index (χ0n) is 5.72. The average molecular weight is 207 g/mol. The molecule has 0 amide bonds. The smallest absolute Gasteiger partial charge is 0.317 e. The van der Waals surface area contributed by atoms with Crippen LogP contribution in [0.5, 0.6) is 0 Å². The van der Waals surface area contributed by atoms with Crippen LogP contribution in [-0.2, 0) is 4.79 Å². The monoisotopic (exact) mass is 206 g/mol. The first kappa shape index (κ1) is 8.05. The summed E-state index contributed by atoms with van der Waals surface area (Å²) in [5.74, 6) is -0.343. The first-order valence-electron chi connectivity index (χ1n) is 3.58. The number of rotatable bonds is 2. The summed E-state index contributed by atoms with van der Waals surface area (Å²) < 4.78 is 0. The van der Waals surface area contributed by atoms with Gasteiger partial charge in [-0.2, -0.15) is 0 Å². The van der Waals surface area contributed by atoms with E-state index in [1.807, 2.05) is 0 Å². The molecule has 0 aromatic heterocycles. The molecule has 3 heteroatoms. The number of alkyl halides is 1. The van der Waals surface area contributed by atoms with Gasteiger partial charge in [0.2, 0.25) is 0 Å². The fourth-order valence-electron chi connectivity index (χ4n) is 1.45. The van der Waals surface area contributed by atoms with E-state index in [1.165, 1.54) is 12.8 Å². The third-order valence-electron chi connectivity index (χ3n) is 2.05. The zero-order chi connectivity index (χ0) is 7.56. The molecule has 0 unspecified atom stereocenters. The van der Waals surface area contributed by atoms with Gasteiger partial charge in [0.25, 0.3) is 0 Å². The van der Waals surface area contributed by atoms with Gasteiger partial charge < -0.3 is 5.11 Å². The molecule has 0 aliphatic heterocycles. The fourth-order valence-corrected chi connectivity index (χ4v) is 1.98. The van der Waals surface area contributed by atoms with Crippen molar-refractivity contribution in [2.75, 3.05) is 0 Å². The maximum atomic E-state index is 10.4. The molecule has 1 N–H and O–H groups in total. The summed E-state index contributed by atoms with van der Waals surface area (Å²) in [4.78, 5) is 10.1. The van der Waals surface area contributed by atoms with Crippen LogP contribution in [0.2, 0.25) is 0 Å². The Morgan fingerprint density at radius 1 is 1.50 bits per heavy atom. The topological polar surface area (TPSA) is 37.3 Å². The third kappa shape index (κ3) is 1.72. The Bertz CT molecular complexity index is 130. The summed E-state index contributed by atoms with van der Waals surface area (Å²) >= 11 is 3.17. The summed E-state index contributed by atoms with van der Waals surface area (Å²) in [5, 5.41) is 8.60. The highest BCUT2D eigenvalue weighted by molar-refractivity contribution is 9.10. The minimum Gasteiger partial charge on any atom is -0.480 e. The predicted octanol–water partition coefficient (Wildman–Crippen LogP) is 2.02. The van der Waals surface area contributed by atoms with Crippen molar-refractivity contribution in [1.29, 1.82) is 0 Å². The van der Waals surface area contributed by atoms with Crippen molar-refractivity contribution >= 4 is 21.9 Å². The molecule has 0 heterocycles. The van der Waals surface area contributed by atoms with E-state index in [0.717, 1.165) is 12.8 Å². The van der Waals surface area contributed by atoms with Crippen molar-refractivity contribution in [3.8, 4) is 0 Å². The van der Waals surface area contributed by atoms with E-state index in [9.17, 15) is 4.79 Å². The second-order valence-electron chi connectivity index (χ2n) is 2.78. The van der Waals surface area contributed by atoms with Gasteiger partial charge in [-0.3, -0.25) is 4.79 Å². The predicted molar refractivity (Wildman–Crippen MR) is 42.3 cm³/mol. The maximum absolute atomic E-state index is 10.4. The standard InChI is InChI=1S/C7H11BrO2/c8-6(7(9)10)5-3-1-2-4-5/h5-6H,1-4H2,(H,9,10)/t6-/m1/s1. The minimum atomic E-state index is -0.716. The SMILES string of the molecule is O=C(O)[C@H](Br)C1CCCC1. The molecular weight excluding hydrogens is 196 g/mol. The van der Waals surface area contributed by atoms with E-state index in [0.29, 0.717) is 5.92 Å². The molecule has 1 atom stereocenters. The lowest BCUT2D eigenvalue weighted by molar-refractivity contribution is -0.137. The Morgan fingerprint density at radius 3 is 2.40 bits per heavy atom. The normalized spacial score (nSPS) is 22.9. The highest BCUT2D eigenvalue weighted by Gasteiger charge is 2.27. The molecule has 1 saturated carbocycles. The van der Waals surface area contributed by atoms with Crippen molar-refractivity contribution in [2.45, 2.75) is 30.5 Å². The van der Waals surface area contributed by atoms with Crippen molar-refractivity contribution < 1.29 is 9.90 Å². The van der Waals surface area contributed by atoms with Gasteiger partial charge in [-0.25, -0.2) is 0 Å². The second kappa shape index (κ2) is 3.37. The average Bonchev–Trinajstić information content (AvgIpc) is 2.36. The third-order valence-corrected chi connectivity index (χ3v) is 3.19. The summed E-state index contributed by atoms with van der Waals surface area (Å²) in [5.41, 5.74) is 0. The molecule has 0 spiro atoms. The van der Waals surface area contributed by atoms with Gasteiger partial charge in [0.15, 0.2) is 0 Å². The Kier molecular flexibility index (Phi) is 2.72. The largest absolute Gasteiger partial charge is 0.480 e. The molecular formula is C7H11BrO2. The van der Waals surface area contributed by atoms with Gasteiger partial charge in [0.05, 0.1) is 0 Å². The van der Waals surface area contributed by atoms with Crippen LogP contribution in [0.4, 0.5) is 0 Å². The number of carboxylic acids is 1. The number of hydrogen-bond donors (Lipinski definition) is 1. The van der Waals surface area contributed by atoms with E-state index < -0.39 is 5.97 Å². The molecule has 1 fully saturated rings. The quantitative estimate of drug-likeness (QED) is 0.703. The molecule has 1 rings (SSSR count). The van der Waals surface area contributed by atoms with Crippen LogP contribution in [0.3, 0.4) is 0 Å². The van der Waals surface area contributed by atoms with Gasteiger partial charge in [0.1, 0.15) is 4.83 Å². The van der Waals surface area contributed by atoms with Crippen LogP contribution >= 0.6 is 15.9 Å². The zero-order valence-corrected chi connectivity index (χ0v) is 7.30. The van der Waals surface area contributed by atoms with Crippen LogP contribution in [0.25, 0.3) is 0 Å². The summed E-state index contributed by atoms with van der Waals surface area (Å²) in [6.45, 7) is 0. The Morgan fingerprint density at radius 2 is 2.00 bits per heavy atom. The highest BCUT2D eigenvalue weighted by Crippen LogP contribution is 2.31. The van der Waals surface area contributed by atoms with E-state index >= 15 is 0 Å². The molecule has 0 aromatic carbocycles. The summed E-state index contributed by atoms with van der Waals surface area (Å²) in [6, 6.07) is 0. The number of carbonyl (C=O) groups is 1. The van der Waals surface area contributed by atoms with Crippen LogP contribution in [-0.4, -0.2) is 15.9 Å². The number of aliphatic carboxylic acids is 1. The number of hydrogen-bond acceptors (Lipinski definition) is 1. The molecule has 2 nitrogen and oxygen atoms in total. The van der Waals surface area contributed by atoms with Crippen LogP contribution < -0.4 is 0 Å². The maximum Gasteiger partial charge on any atom is 0.317 e. The van der Waals surface area contributed by atoms with Crippen molar-refractivity contribution in [1.82, 2.24) is 0 Å². The molecule has 0 radical (unpaired) electrons. The lowest BCUT2D eigenvalue weighted by Crippen LogP contribution is -2.20. The second-order valence-corrected chi connectivity index (χ2v) is 3.77. The van der Waals surface area contributed by atoms with Gasteiger partial charge >= 0.3 is 5.97 Å². The van der Waals surface area contributed by atoms with Gasteiger partial charge in [-0.1, -0.05) is 28.8 Å². The first-order valence-corrected chi connectivity index (χ1v) is 4.50. The van der Waals surface area contributed by atoms with E-state index in [4.69, 9.17) is 5.11 Å². The van der Waals surface area contributed by atoms with E-state index in [-0.39, 0.29) is 4.83 Å². The van der Waals surface area contributed by atoms with Crippen molar-refractivity contribution in [3.05, 3.63) is 0 Å². The van der Waals surface area contributed by atoms with Gasteiger partial charge in [-0.05, 0) is 18.8 Å². The molecule has 0 saturated heterocycles. The minimum absolute atomic E-state index is 0.310. The van der Waals surface area contributed by atoms with Gasteiger partial charge in [0, 0.05) is 0 Å². The number of carboxylic acid groups (broad SMARTS) is 1. The molecule has 0 aromatic rings. The highest BCUT2D eigenvalue weighted by atomic mass is 79.9. The number of halogens is 1. The van der Waals surface area contributed by atoms with Crippen LogP contribution in [0.15, 0.2) is 0 Å². The lowest BCUT2D eigenvalue weighted by atomic mass is 10.0. The molecule has 1 aliphatic rings. The molecule has 0 bridgehead atoms. The Balaban J connectivity index is 2.39. The molecule has 1 aliphatic carbocycles. The van der Waals surface area contributed by atoms with Crippen LogP contribution in [0, 0.1) is 5.92 Å². The first-order chi connectivity index (χ1) is 4.72. The Hall–Kier alpha value is -0.0500. The summed E-state index contributed by atoms with van der Waals surface area (Å²) in [6.07, 6.45) is 4.53.